The summed E-state index contributed by atoms with van der Waals surface area (Å²) >= 11 is 1.63. The number of nitrogens with zero attached hydrogens (tertiary/aromatic N) is 2. The average Bonchev–Trinajstić information content (AvgIpc) is 2.89. The molecule has 2 heterocycles. The molecule has 0 radical (unpaired) electrons. The lowest BCUT2D eigenvalue weighted by atomic mass is 10.2. The van der Waals surface area contributed by atoms with E-state index in [-0.39, 0.29) is 6.04 Å². The van der Waals surface area contributed by atoms with Crippen LogP contribution in [0.25, 0.3) is 11.4 Å². The lowest BCUT2D eigenvalue weighted by Crippen LogP contribution is -2.15. The second-order valence-corrected chi connectivity index (χ2v) is 4.00. The number of hydrogen-bond donors (Lipinski definition) is 1. The van der Waals surface area contributed by atoms with E-state index in [2.05, 4.69) is 22.4 Å². The third-order valence-corrected chi connectivity index (χ3v) is 2.96. The zero-order chi connectivity index (χ0) is 10.7. The standard InChI is InChI=1S/C10H13N3OS/c1-3-8(11-2)10-12-9(13-14-10)7-4-5-15-6-7/h4-6,8,11H,3H2,1-2H3. The molecule has 0 aliphatic heterocycles. The molecular formula is C10H13N3OS. The SMILES string of the molecule is CCC(NC)c1nc(-c2ccsc2)no1. The van der Waals surface area contributed by atoms with Crippen LogP contribution in [0, 0.1) is 0 Å². The van der Waals surface area contributed by atoms with Gasteiger partial charge in [0.1, 0.15) is 0 Å². The van der Waals surface area contributed by atoms with E-state index in [0.717, 1.165) is 12.0 Å². The van der Waals surface area contributed by atoms with E-state index >= 15 is 0 Å². The molecule has 2 aromatic rings. The lowest BCUT2D eigenvalue weighted by Gasteiger charge is -2.06. The Balaban J connectivity index is 2.24. The van der Waals surface area contributed by atoms with Crippen molar-refractivity contribution in [3.05, 3.63) is 22.7 Å². The molecule has 0 amide bonds. The van der Waals surface area contributed by atoms with E-state index in [1.54, 1.807) is 11.3 Å². The van der Waals surface area contributed by atoms with Gasteiger partial charge in [-0.1, -0.05) is 12.1 Å². The van der Waals surface area contributed by atoms with Crippen LogP contribution in [0.3, 0.4) is 0 Å². The van der Waals surface area contributed by atoms with Gasteiger partial charge in [0.2, 0.25) is 11.7 Å². The minimum absolute atomic E-state index is 0.143. The fraction of sp³-hybridized carbons (Fsp3) is 0.400. The molecule has 0 aromatic carbocycles. The van der Waals surface area contributed by atoms with Crippen LogP contribution in [0.15, 0.2) is 21.3 Å². The predicted octanol–water partition coefficient (Wildman–Crippen LogP) is 2.47. The summed E-state index contributed by atoms with van der Waals surface area (Å²) in [7, 11) is 1.89. The van der Waals surface area contributed by atoms with Crippen molar-refractivity contribution in [2.24, 2.45) is 0 Å². The molecule has 0 spiro atoms. The highest BCUT2D eigenvalue weighted by molar-refractivity contribution is 7.08. The van der Waals surface area contributed by atoms with Crippen molar-refractivity contribution in [1.82, 2.24) is 15.5 Å². The highest BCUT2D eigenvalue weighted by Crippen LogP contribution is 2.21. The summed E-state index contributed by atoms with van der Waals surface area (Å²) in [6.45, 7) is 2.08. The fourth-order valence-electron chi connectivity index (χ4n) is 1.39. The van der Waals surface area contributed by atoms with Crippen molar-refractivity contribution in [2.75, 3.05) is 7.05 Å². The summed E-state index contributed by atoms with van der Waals surface area (Å²) in [6, 6.07) is 2.13. The molecule has 2 aromatic heterocycles. The van der Waals surface area contributed by atoms with Crippen molar-refractivity contribution in [2.45, 2.75) is 19.4 Å². The van der Waals surface area contributed by atoms with Gasteiger partial charge in [-0.25, -0.2) is 0 Å². The molecule has 1 atom stereocenters. The van der Waals surface area contributed by atoms with Crippen LogP contribution in [-0.4, -0.2) is 17.2 Å². The van der Waals surface area contributed by atoms with Gasteiger partial charge in [-0.3, -0.25) is 0 Å². The Bertz CT molecular complexity index is 406. The number of rotatable bonds is 4. The Kier molecular flexibility index (Phi) is 3.13. The molecule has 0 aliphatic carbocycles. The molecule has 2 rings (SSSR count). The molecule has 80 valence electrons. The first-order valence-electron chi connectivity index (χ1n) is 4.88. The van der Waals surface area contributed by atoms with Crippen LogP contribution >= 0.6 is 11.3 Å². The zero-order valence-corrected chi connectivity index (χ0v) is 9.54. The third kappa shape index (κ3) is 2.08. The second kappa shape index (κ2) is 4.55. The summed E-state index contributed by atoms with van der Waals surface area (Å²) in [6.07, 6.45) is 0.932. The molecule has 15 heavy (non-hydrogen) atoms. The van der Waals surface area contributed by atoms with E-state index in [4.69, 9.17) is 4.52 Å². The maximum Gasteiger partial charge on any atom is 0.244 e. The molecule has 1 N–H and O–H groups in total. The van der Waals surface area contributed by atoms with Gasteiger partial charge in [-0.15, -0.1) is 0 Å². The Morgan fingerprint density at radius 3 is 3.07 bits per heavy atom. The third-order valence-electron chi connectivity index (χ3n) is 2.28. The van der Waals surface area contributed by atoms with Crippen LogP contribution in [0.4, 0.5) is 0 Å². The largest absolute Gasteiger partial charge is 0.337 e. The highest BCUT2D eigenvalue weighted by atomic mass is 32.1. The van der Waals surface area contributed by atoms with Crippen molar-refractivity contribution < 1.29 is 4.52 Å². The molecule has 0 saturated heterocycles. The van der Waals surface area contributed by atoms with Crippen molar-refractivity contribution in [3.63, 3.8) is 0 Å². The summed E-state index contributed by atoms with van der Waals surface area (Å²) in [5.74, 6) is 1.32. The van der Waals surface area contributed by atoms with Gasteiger partial charge in [0.25, 0.3) is 0 Å². The topological polar surface area (TPSA) is 51.0 Å². The van der Waals surface area contributed by atoms with Crippen molar-refractivity contribution in [1.29, 1.82) is 0 Å². The average molecular weight is 223 g/mol. The highest BCUT2D eigenvalue weighted by Gasteiger charge is 2.15. The summed E-state index contributed by atoms with van der Waals surface area (Å²) in [5, 5.41) is 11.1. The Morgan fingerprint density at radius 1 is 1.60 bits per heavy atom. The number of aromatic nitrogens is 2. The van der Waals surface area contributed by atoms with Crippen LogP contribution in [0.5, 0.6) is 0 Å². The molecule has 0 fully saturated rings. The van der Waals surface area contributed by atoms with Crippen molar-refractivity contribution >= 4 is 11.3 Å². The van der Waals surface area contributed by atoms with E-state index < -0.39 is 0 Å². The van der Waals surface area contributed by atoms with E-state index in [9.17, 15) is 0 Å². The monoisotopic (exact) mass is 223 g/mol. The molecule has 0 saturated carbocycles. The van der Waals surface area contributed by atoms with Gasteiger partial charge in [-0.05, 0) is 24.9 Å². The first-order chi connectivity index (χ1) is 7.35. The zero-order valence-electron chi connectivity index (χ0n) is 8.73. The number of thiophene rings is 1. The number of nitrogens with one attached hydrogen (secondary N) is 1. The van der Waals surface area contributed by atoms with E-state index in [1.165, 1.54) is 0 Å². The molecular weight excluding hydrogens is 210 g/mol. The predicted molar refractivity (Wildman–Crippen MR) is 59.7 cm³/mol. The van der Waals surface area contributed by atoms with Gasteiger partial charge < -0.3 is 9.84 Å². The van der Waals surface area contributed by atoms with Crippen LogP contribution in [0.2, 0.25) is 0 Å². The van der Waals surface area contributed by atoms with Gasteiger partial charge >= 0.3 is 0 Å². The quantitative estimate of drug-likeness (QED) is 0.865. The molecule has 5 heteroatoms. The number of hydrogen-bond acceptors (Lipinski definition) is 5. The van der Waals surface area contributed by atoms with Gasteiger partial charge in [-0.2, -0.15) is 16.3 Å². The van der Waals surface area contributed by atoms with Crippen LogP contribution < -0.4 is 5.32 Å². The van der Waals surface area contributed by atoms with Crippen LogP contribution in [-0.2, 0) is 0 Å². The Labute approximate surface area is 92.3 Å². The Hall–Kier alpha value is -1.20. The molecule has 1 unspecified atom stereocenters. The molecule has 4 nitrogen and oxygen atoms in total. The Morgan fingerprint density at radius 2 is 2.47 bits per heavy atom. The minimum Gasteiger partial charge on any atom is -0.337 e. The lowest BCUT2D eigenvalue weighted by molar-refractivity contribution is 0.334. The van der Waals surface area contributed by atoms with E-state index in [1.807, 2.05) is 23.9 Å². The normalized spacial score (nSPS) is 12.9. The molecule has 0 bridgehead atoms. The summed E-state index contributed by atoms with van der Waals surface area (Å²) < 4.78 is 5.21. The first kappa shape index (κ1) is 10.3. The molecule has 0 aliphatic rings. The fourth-order valence-corrected chi connectivity index (χ4v) is 2.02. The smallest absolute Gasteiger partial charge is 0.244 e. The van der Waals surface area contributed by atoms with Crippen LogP contribution in [0.1, 0.15) is 25.3 Å². The van der Waals surface area contributed by atoms with Gasteiger partial charge in [0, 0.05) is 10.9 Å². The van der Waals surface area contributed by atoms with Gasteiger partial charge in [0.15, 0.2) is 0 Å². The van der Waals surface area contributed by atoms with Gasteiger partial charge in [0.05, 0.1) is 6.04 Å². The minimum atomic E-state index is 0.143. The second-order valence-electron chi connectivity index (χ2n) is 3.22. The maximum absolute atomic E-state index is 5.21. The van der Waals surface area contributed by atoms with E-state index in [0.29, 0.717) is 11.7 Å². The maximum atomic E-state index is 5.21. The first-order valence-corrected chi connectivity index (χ1v) is 5.83. The van der Waals surface area contributed by atoms with Crippen molar-refractivity contribution in [3.8, 4) is 11.4 Å². The summed E-state index contributed by atoms with van der Waals surface area (Å²) in [4.78, 5) is 4.36. The summed E-state index contributed by atoms with van der Waals surface area (Å²) in [5.41, 5.74) is 1.01.